The minimum atomic E-state index is -1.25. The Bertz CT molecular complexity index is 177. The molecule has 76 valence electrons. The highest BCUT2D eigenvalue weighted by Crippen LogP contribution is 2.11. The van der Waals surface area contributed by atoms with E-state index in [4.69, 9.17) is 10.4 Å². The van der Waals surface area contributed by atoms with Crippen LogP contribution in [-0.4, -0.2) is 22.3 Å². The third-order valence-corrected chi connectivity index (χ3v) is 1.77. The third-order valence-electron chi connectivity index (χ3n) is 1.77. The fourth-order valence-corrected chi connectivity index (χ4v) is 1.00. The summed E-state index contributed by atoms with van der Waals surface area (Å²) in [5.74, 6) is -3.59. The van der Waals surface area contributed by atoms with Gasteiger partial charge in [0, 0.05) is 0 Å². The summed E-state index contributed by atoms with van der Waals surface area (Å²) < 4.78 is 0. The van der Waals surface area contributed by atoms with E-state index in [1.807, 2.05) is 6.92 Å². The zero-order chi connectivity index (χ0) is 10.3. The van der Waals surface area contributed by atoms with Crippen LogP contribution in [0.4, 0.5) is 0 Å². The van der Waals surface area contributed by atoms with Crippen LogP contribution in [0.15, 0.2) is 0 Å². The molecule has 0 heterocycles. The first-order valence-corrected chi connectivity index (χ1v) is 4.21. The number of unbranched alkanes of at least 4 members (excludes halogenated alkanes) is 2. The first-order chi connectivity index (χ1) is 6.13. The lowest BCUT2D eigenvalue weighted by molar-refractivity contribution is -0.239. The van der Waals surface area contributed by atoms with Crippen LogP contribution in [0.5, 0.6) is 0 Å². The Balaban J connectivity index is 3.95. The zero-order valence-electron chi connectivity index (χ0n) is 7.52. The Morgan fingerprint density at radius 3 is 2.38 bits per heavy atom. The van der Waals surface area contributed by atoms with Crippen molar-refractivity contribution in [1.29, 1.82) is 0 Å². The first-order valence-electron chi connectivity index (χ1n) is 4.21. The number of carboxylic acid groups (broad SMARTS) is 1. The van der Waals surface area contributed by atoms with E-state index in [1.165, 1.54) is 0 Å². The molecule has 5 nitrogen and oxygen atoms in total. The molecule has 0 bridgehead atoms. The fraction of sp³-hybridized carbons (Fsp3) is 0.750. The van der Waals surface area contributed by atoms with E-state index >= 15 is 0 Å². The maximum Gasteiger partial charge on any atom is 0.356 e. The molecule has 0 aliphatic carbocycles. The van der Waals surface area contributed by atoms with E-state index in [-0.39, 0.29) is 6.42 Å². The molecule has 0 fully saturated rings. The molecule has 2 N–H and O–H groups in total. The second-order valence-electron chi connectivity index (χ2n) is 2.80. The van der Waals surface area contributed by atoms with E-state index in [9.17, 15) is 9.59 Å². The van der Waals surface area contributed by atoms with Gasteiger partial charge in [0.05, 0.1) is 0 Å². The van der Waals surface area contributed by atoms with Crippen molar-refractivity contribution in [2.24, 2.45) is 5.92 Å². The molecule has 13 heavy (non-hydrogen) atoms. The summed E-state index contributed by atoms with van der Waals surface area (Å²) >= 11 is 0. The zero-order valence-corrected chi connectivity index (χ0v) is 7.52. The minimum Gasteiger partial charge on any atom is -0.481 e. The van der Waals surface area contributed by atoms with Crippen LogP contribution in [0.2, 0.25) is 0 Å². The van der Waals surface area contributed by atoms with Crippen LogP contribution in [0.25, 0.3) is 0 Å². The van der Waals surface area contributed by atoms with Gasteiger partial charge in [-0.3, -0.25) is 4.79 Å². The molecule has 0 amide bonds. The summed E-state index contributed by atoms with van der Waals surface area (Å²) in [7, 11) is 0. The molecule has 0 rings (SSSR count). The SMILES string of the molecule is CCCCCC(C(=O)O)C(=O)OO. The number of rotatable bonds is 6. The Kier molecular flexibility index (Phi) is 5.88. The van der Waals surface area contributed by atoms with Crippen LogP contribution >= 0.6 is 0 Å². The van der Waals surface area contributed by atoms with Crippen molar-refractivity contribution in [2.75, 3.05) is 0 Å². The van der Waals surface area contributed by atoms with Gasteiger partial charge in [-0.2, -0.15) is 5.26 Å². The van der Waals surface area contributed by atoms with E-state index in [2.05, 4.69) is 4.89 Å². The van der Waals surface area contributed by atoms with Crippen LogP contribution in [0.1, 0.15) is 32.6 Å². The summed E-state index contributed by atoms with van der Waals surface area (Å²) in [6.45, 7) is 1.97. The van der Waals surface area contributed by atoms with Crippen LogP contribution in [0, 0.1) is 5.92 Å². The van der Waals surface area contributed by atoms with Gasteiger partial charge in [-0.1, -0.05) is 26.2 Å². The number of hydrogen-bond donors (Lipinski definition) is 2. The Morgan fingerprint density at radius 1 is 1.38 bits per heavy atom. The Hall–Kier alpha value is -1.10. The molecule has 5 heteroatoms. The predicted octanol–water partition coefficient (Wildman–Crippen LogP) is 1.28. The summed E-state index contributed by atoms with van der Waals surface area (Å²) in [5.41, 5.74) is 0. The van der Waals surface area contributed by atoms with Gasteiger partial charge in [-0.25, -0.2) is 4.79 Å². The summed E-state index contributed by atoms with van der Waals surface area (Å²) in [6, 6.07) is 0. The Labute approximate surface area is 76.2 Å². The van der Waals surface area contributed by atoms with Crippen molar-refractivity contribution in [1.82, 2.24) is 0 Å². The van der Waals surface area contributed by atoms with Gasteiger partial charge in [0.15, 0.2) is 5.92 Å². The molecular formula is C8H14O5. The quantitative estimate of drug-likeness (QED) is 0.285. The summed E-state index contributed by atoms with van der Waals surface area (Å²) in [6.07, 6.45) is 2.66. The lowest BCUT2D eigenvalue weighted by atomic mass is 10.0. The molecule has 1 atom stereocenters. The molecule has 0 spiro atoms. The van der Waals surface area contributed by atoms with Crippen LogP contribution < -0.4 is 0 Å². The molecule has 0 aromatic rings. The monoisotopic (exact) mass is 190 g/mol. The largest absolute Gasteiger partial charge is 0.481 e. The topological polar surface area (TPSA) is 83.8 Å². The molecule has 0 saturated heterocycles. The van der Waals surface area contributed by atoms with Crippen molar-refractivity contribution < 1.29 is 24.8 Å². The van der Waals surface area contributed by atoms with Crippen molar-refractivity contribution in [3.63, 3.8) is 0 Å². The number of carbonyl (C=O) groups is 2. The van der Waals surface area contributed by atoms with Crippen molar-refractivity contribution in [3.05, 3.63) is 0 Å². The number of carbonyl (C=O) groups excluding carboxylic acids is 1. The van der Waals surface area contributed by atoms with Gasteiger partial charge in [0.2, 0.25) is 0 Å². The standard InChI is InChI=1S/C8H14O5/c1-2-3-4-5-6(7(9)10)8(11)13-12/h6,12H,2-5H2,1H3,(H,9,10). The minimum absolute atomic E-state index is 0.211. The number of hydrogen-bond acceptors (Lipinski definition) is 4. The van der Waals surface area contributed by atoms with Crippen molar-refractivity contribution in [2.45, 2.75) is 32.6 Å². The smallest absolute Gasteiger partial charge is 0.356 e. The first kappa shape index (κ1) is 11.9. The van der Waals surface area contributed by atoms with E-state index in [0.29, 0.717) is 6.42 Å². The highest BCUT2D eigenvalue weighted by Gasteiger charge is 2.27. The normalized spacial score (nSPS) is 12.2. The lowest BCUT2D eigenvalue weighted by Gasteiger charge is -2.07. The van der Waals surface area contributed by atoms with E-state index < -0.39 is 17.9 Å². The van der Waals surface area contributed by atoms with Gasteiger partial charge >= 0.3 is 11.9 Å². The summed E-state index contributed by atoms with van der Waals surface area (Å²) in [4.78, 5) is 24.6. The molecule has 0 aromatic carbocycles. The number of aliphatic carboxylic acids is 1. The maximum atomic E-state index is 10.7. The second kappa shape index (κ2) is 6.42. The van der Waals surface area contributed by atoms with E-state index in [0.717, 1.165) is 12.8 Å². The molecule has 0 aliphatic rings. The molecule has 0 aliphatic heterocycles. The lowest BCUT2D eigenvalue weighted by Crippen LogP contribution is -2.25. The van der Waals surface area contributed by atoms with E-state index in [1.54, 1.807) is 0 Å². The van der Waals surface area contributed by atoms with Crippen molar-refractivity contribution >= 4 is 11.9 Å². The van der Waals surface area contributed by atoms with Crippen molar-refractivity contribution in [3.8, 4) is 0 Å². The van der Waals surface area contributed by atoms with Crippen LogP contribution in [0.3, 0.4) is 0 Å². The fourth-order valence-electron chi connectivity index (χ4n) is 1.00. The Morgan fingerprint density at radius 2 is 2.00 bits per heavy atom. The highest BCUT2D eigenvalue weighted by molar-refractivity contribution is 5.93. The predicted molar refractivity (Wildman–Crippen MR) is 44.0 cm³/mol. The van der Waals surface area contributed by atoms with Gasteiger partial charge < -0.3 is 9.99 Å². The van der Waals surface area contributed by atoms with Gasteiger partial charge in [0.25, 0.3) is 0 Å². The average molecular weight is 190 g/mol. The third kappa shape index (κ3) is 4.47. The number of carboxylic acids is 1. The van der Waals surface area contributed by atoms with Crippen LogP contribution in [-0.2, 0) is 14.5 Å². The highest BCUT2D eigenvalue weighted by atomic mass is 17.1. The molecule has 0 saturated carbocycles. The summed E-state index contributed by atoms with van der Waals surface area (Å²) in [5, 5.41) is 16.6. The average Bonchev–Trinajstić information content (AvgIpc) is 2.11. The van der Waals surface area contributed by atoms with Gasteiger partial charge in [0.1, 0.15) is 0 Å². The molecular weight excluding hydrogens is 176 g/mol. The van der Waals surface area contributed by atoms with Gasteiger partial charge in [-0.05, 0) is 6.42 Å². The molecule has 1 unspecified atom stereocenters. The van der Waals surface area contributed by atoms with Gasteiger partial charge in [-0.15, -0.1) is 0 Å². The molecule has 0 aromatic heterocycles. The molecule has 0 radical (unpaired) electrons. The maximum absolute atomic E-state index is 10.7. The second-order valence-corrected chi connectivity index (χ2v) is 2.80.